The molecule has 1 amide bonds. The van der Waals surface area contributed by atoms with Crippen molar-refractivity contribution in [1.29, 1.82) is 0 Å². The SMILES string of the molecule is C=COS(=O)(=O)CC(N)=O. The zero-order chi connectivity index (χ0) is 8.20. The van der Waals surface area contributed by atoms with E-state index < -0.39 is 21.8 Å². The summed E-state index contributed by atoms with van der Waals surface area (Å²) in [6.07, 6.45) is 0.721. The van der Waals surface area contributed by atoms with E-state index in [4.69, 9.17) is 0 Å². The van der Waals surface area contributed by atoms with Gasteiger partial charge in [0.1, 0.15) is 0 Å². The molecule has 5 nitrogen and oxygen atoms in total. The van der Waals surface area contributed by atoms with E-state index in [1.54, 1.807) is 0 Å². The third-order valence-corrected chi connectivity index (χ3v) is 1.60. The van der Waals surface area contributed by atoms with Crippen molar-refractivity contribution in [2.75, 3.05) is 5.75 Å². The molecule has 0 aliphatic carbocycles. The lowest BCUT2D eigenvalue weighted by molar-refractivity contribution is -0.115. The van der Waals surface area contributed by atoms with E-state index in [1.165, 1.54) is 0 Å². The largest absolute Gasteiger partial charge is 0.391 e. The van der Waals surface area contributed by atoms with Gasteiger partial charge in [0.25, 0.3) is 0 Å². The van der Waals surface area contributed by atoms with Gasteiger partial charge in [-0.05, 0) is 0 Å². The molecule has 0 saturated heterocycles. The van der Waals surface area contributed by atoms with Crippen molar-refractivity contribution in [2.45, 2.75) is 0 Å². The summed E-state index contributed by atoms with van der Waals surface area (Å²) in [4.78, 5) is 10.0. The van der Waals surface area contributed by atoms with Gasteiger partial charge in [0.05, 0.1) is 6.26 Å². The van der Waals surface area contributed by atoms with E-state index in [-0.39, 0.29) is 0 Å². The van der Waals surface area contributed by atoms with Crippen LogP contribution in [0.2, 0.25) is 0 Å². The zero-order valence-electron chi connectivity index (χ0n) is 5.11. The van der Waals surface area contributed by atoms with Crippen molar-refractivity contribution in [1.82, 2.24) is 0 Å². The van der Waals surface area contributed by atoms with Gasteiger partial charge in [0.2, 0.25) is 5.91 Å². The van der Waals surface area contributed by atoms with Gasteiger partial charge in [-0.15, -0.1) is 0 Å². The van der Waals surface area contributed by atoms with Crippen LogP contribution in [-0.4, -0.2) is 20.1 Å². The molecule has 0 aromatic rings. The van der Waals surface area contributed by atoms with Crippen molar-refractivity contribution in [3.05, 3.63) is 12.8 Å². The summed E-state index contributed by atoms with van der Waals surface area (Å²) in [5.74, 6) is -1.78. The standard InChI is InChI=1S/C4H7NO4S/c1-2-9-10(7,8)3-4(5)6/h2H,1,3H2,(H2,5,6). The highest BCUT2D eigenvalue weighted by atomic mass is 32.2. The highest BCUT2D eigenvalue weighted by Gasteiger charge is 2.12. The molecule has 0 rings (SSSR count). The molecule has 0 unspecified atom stereocenters. The molecule has 0 radical (unpaired) electrons. The maximum atomic E-state index is 10.4. The Hall–Kier alpha value is -1.04. The van der Waals surface area contributed by atoms with Crippen molar-refractivity contribution >= 4 is 16.0 Å². The number of carbonyl (C=O) groups is 1. The van der Waals surface area contributed by atoms with E-state index in [2.05, 4.69) is 16.5 Å². The first-order valence-electron chi connectivity index (χ1n) is 2.28. The molecule has 58 valence electrons. The van der Waals surface area contributed by atoms with Crippen LogP contribution >= 0.6 is 0 Å². The summed E-state index contributed by atoms with van der Waals surface area (Å²) in [6, 6.07) is 0. The van der Waals surface area contributed by atoms with Gasteiger partial charge < -0.3 is 9.92 Å². The number of rotatable bonds is 4. The fourth-order valence-corrected chi connectivity index (χ4v) is 0.936. The maximum Gasteiger partial charge on any atom is 0.317 e. The molecule has 0 fully saturated rings. The van der Waals surface area contributed by atoms with Crippen LogP contribution in [0.15, 0.2) is 12.8 Å². The molecular weight excluding hydrogens is 158 g/mol. The summed E-state index contributed by atoms with van der Waals surface area (Å²) in [5.41, 5.74) is 4.58. The van der Waals surface area contributed by atoms with Crippen molar-refractivity contribution < 1.29 is 17.4 Å². The topological polar surface area (TPSA) is 86.5 Å². The monoisotopic (exact) mass is 165 g/mol. The second-order valence-electron chi connectivity index (χ2n) is 1.43. The minimum atomic E-state index is -3.82. The average Bonchev–Trinajstić information content (AvgIpc) is 1.59. The lowest BCUT2D eigenvalue weighted by Gasteiger charge is -1.96. The fourth-order valence-electron chi connectivity index (χ4n) is 0.312. The number of nitrogens with two attached hydrogens (primary N) is 1. The predicted octanol–water partition coefficient (Wildman–Crippen LogP) is -1.04. The van der Waals surface area contributed by atoms with Crippen LogP contribution in [0.4, 0.5) is 0 Å². The third-order valence-electron chi connectivity index (χ3n) is 0.534. The Morgan fingerprint density at radius 1 is 1.70 bits per heavy atom. The maximum absolute atomic E-state index is 10.4. The minimum Gasteiger partial charge on any atom is -0.391 e. The molecule has 0 aliphatic rings. The van der Waals surface area contributed by atoms with E-state index >= 15 is 0 Å². The van der Waals surface area contributed by atoms with E-state index in [1.807, 2.05) is 0 Å². The quantitative estimate of drug-likeness (QED) is 0.426. The van der Waals surface area contributed by atoms with Gasteiger partial charge in [-0.3, -0.25) is 4.79 Å². The number of amides is 1. The smallest absolute Gasteiger partial charge is 0.317 e. The van der Waals surface area contributed by atoms with Crippen LogP contribution in [0.3, 0.4) is 0 Å². The molecule has 0 heterocycles. The van der Waals surface area contributed by atoms with Crippen LogP contribution in [0, 0.1) is 0 Å². The Labute approximate surface area is 58.6 Å². The second-order valence-corrected chi connectivity index (χ2v) is 3.03. The molecule has 0 spiro atoms. The fraction of sp³-hybridized carbons (Fsp3) is 0.250. The summed E-state index contributed by atoms with van der Waals surface area (Å²) < 4.78 is 24.9. The summed E-state index contributed by atoms with van der Waals surface area (Å²) in [5, 5.41) is 0. The molecule has 0 saturated carbocycles. The Balaban J connectivity index is 4.14. The Morgan fingerprint density at radius 3 is 2.50 bits per heavy atom. The molecule has 0 bridgehead atoms. The number of carbonyl (C=O) groups excluding carboxylic acids is 1. The predicted molar refractivity (Wildman–Crippen MR) is 34.3 cm³/mol. The van der Waals surface area contributed by atoms with Gasteiger partial charge in [0, 0.05) is 0 Å². The number of hydrogen-bond donors (Lipinski definition) is 1. The summed E-state index contributed by atoms with van der Waals surface area (Å²) in [6.45, 7) is 3.00. The summed E-state index contributed by atoms with van der Waals surface area (Å²) >= 11 is 0. The highest BCUT2D eigenvalue weighted by Crippen LogP contribution is 1.91. The second kappa shape index (κ2) is 3.21. The highest BCUT2D eigenvalue weighted by molar-refractivity contribution is 7.87. The molecule has 0 aromatic carbocycles. The first kappa shape index (κ1) is 8.96. The van der Waals surface area contributed by atoms with Crippen molar-refractivity contribution in [3.8, 4) is 0 Å². The zero-order valence-corrected chi connectivity index (χ0v) is 5.93. The van der Waals surface area contributed by atoms with Crippen LogP contribution < -0.4 is 5.73 Å². The molecule has 6 heteroatoms. The molecule has 10 heavy (non-hydrogen) atoms. The van der Waals surface area contributed by atoms with Crippen LogP contribution in [0.1, 0.15) is 0 Å². The van der Waals surface area contributed by atoms with Gasteiger partial charge in [-0.1, -0.05) is 6.58 Å². The molecule has 0 aliphatic heterocycles. The normalized spacial score (nSPS) is 10.4. The molecule has 2 N–H and O–H groups in total. The number of primary amides is 1. The van der Waals surface area contributed by atoms with Gasteiger partial charge in [0.15, 0.2) is 5.75 Å². The molecule has 0 atom stereocenters. The number of hydrogen-bond acceptors (Lipinski definition) is 4. The molecular formula is C4H7NO4S. The van der Waals surface area contributed by atoms with Gasteiger partial charge in [-0.2, -0.15) is 8.42 Å². The van der Waals surface area contributed by atoms with E-state index in [0.29, 0.717) is 0 Å². The van der Waals surface area contributed by atoms with Crippen LogP contribution in [-0.2, 0) is 19.1 Å². The first-order valence-corrected chi connectivity index (χ1v) is 3.86. The lowest BCUT2D eigenvalue weighted by Crippen LogP contribution is -2.23. The van der Waals surface area contributed by atoms with Gasteiger partial charge in [-0.25, -0.2) is 0 Å². The Bertz CT molecular complexity index is 230. The van der Waals surface area contributed by atoms with Crippen LogP contribution in [0.5, 0.6) is 0 Å². The van der Waals surface area contributed by atoms with E-state index in [0.717, 1.165) is 6.26 Å². The van der Waals surface area contributed by atoms with Crippen molar-refractivity contribution in [3.63, 3.8) is 0 Å². The lowest BCUT2D eigenvalue weighted by atomic mass is 10.8. The minimum absolute atomic E-state index is 0.721. The Morgan fingerprint density at radius 2 is 2.20 bits per heavy atom. The average molecular weight is 165 g/mol. The summed E-state index contributed by atoms with van der Waals surface area (Å²) in [7, 11) is -3.82. The third kappa shape index (κ3) is 3.90. The van der Waals surface area contributed by atoms with Crippen molar-refractivity contribution in [2.24, 2.45) is 5.73 Å². The van der Waals surface area contributed by atoms with Gasteiger partial charge >= 0.3 is 10.1 Å². The molecule has 0 aromatic heterocycles. The Kier molecular flexibility index (Phi) is 2.88. The van der Waals surface area contributed by atoms with E-state index in [9.17, 15) is 13.2 Å². The van der Waals surface area contributed by atoms with Crippen LogP contribution in [0.25, 0.3) is 0 Å². The first-order chi connectivity index (χ1) is 4.48.